The minimum atomic E-state index is -0.899. The lowest BCUT2D eigenvalue weighted by Crippen LogP contribution is -2.07. The molecule has 0 saturated heterocycles. The maximum absolute atomic E-state index is 11.6. The van der Waals surface area contributed by atoms with E-state index in [-0.39, 0.29) is 11.3 Å². The topological polar surface area (TPSA) is 125 Å². The van der Waals surface area contributed by atoms with Gasteiger partial charge in [-0.15, -0.1) is 0 Å². The van der Waals surface area contributed by atoms with Crippen LogP contribution in [-0.2, 0) is 4.74 Å². The summed E-state index contributed by atoms with van der Waals surface area (Å²) in [6.45, 7) is 3.67. The third-order valence-electron chi connectivity index (χ3n) is 3.40. The number of aryl methyl sites for hydroxylation is 2. The van der Waals surface area contributed by atoms with E-state index in [0.717, 1.165) is 30.4 Å². The van der Waals surface area contributed by atoms with E-state index in [1.807, 2.05) is 19.9 Å². The first-order chi connectivity index (χ1) is 11.7. The number of hydrogen-bond acceptors (Lipinski definition) is 7. The molecule has 2 aromatic rings. The van der Waals surface area contributed by atoms with Gasteiger partial charge in [-0.05, 0) is 37.1 Å². The minimum absolute atomic E-state index is 0.271. The molecule has 0 atom stereocenters. The lowest BCUT2D eigenvalue weighted by Gasteiger charge is -2.11. The van der Waals surface area contributed by atoms with Crippen LogP contribution in [-0.4, -0.2) is 22.9 Å². The summed E-state index contributed by atoms with van der Waals surface area (Å²) in [7, 11) is 1.09. The molecule has 9 heteroatoms. The zero-order valence-corrected chi connectivity index (χ0v) is 13.7. The Labute approximate surface area is 142 Å². The monoisotopic (exact) mass is 345 g/mol. The molecule has 0 aliphatic rings. The molecule has 9 nitrogen and oxygen atoms in total. The minimum Gasteiger partial charge on any atom is -0.465 e. The molecule has 0 spiro atoms. The van der Waals surface area contributed by atoms with Crippen LogP contribution in [0.4, 0.5) is 22.7 Å². The van der Waals surface area contributed by atoms with Crippen molar-refractivity contribution < 1.29 is 19.4 Å². The maximum Gasteiger partial charge on any atom is 0.338 e. The van der Waals surface area contributed by atoms with Crippen LogP contribution in [0.15, 0.2) is 30.3 Å². The number of anilines is 2. The van der Waals surface area contributed by atoms with Gasteiger partial charge in [-0.25, -0.2) is 4.79 Å². The van der Waals surface area contributed by atoms with Crippen molar-refractivity contribution in [3.63, 3.8) is 0 Å². The molecule has 2 aromatic carbocycles. The van der Waals surface area contributed by atoms with Crippen molar-refractivity contribution in [3.05, 3.63) is 67.3 Å². The van der Waals surface area contributed by atoms with Crippen molar-refractivity contribution in [3.8, 4) is 0 Å². The van der Waals surface area contributed by atoms with Crippen molar-refractivity contribution in [1.82, 2.24) is 0 Å². The molecule has 2 rings (SSSR count). The molecule has 0 amide bonds. The summed E-state index contributed by atoms with van der Waals surface area (Å²) in [5.41, 5.74) is 0.495. The Morgan fingerprint density at radius 3 is 1.84 bits per heavy atom. The van der Waals surface area contributed by atoms with Crippen LogP contribution in [0.2, 0.25) is 0 Å². The van der Waals surface area contributed by atoms with Crippen LogP contribution >= 0.6 is 0 Å². The molecule has 0 radical (unpaired) electrons. The Morgan fingerprint density at radius 2 is 1.44 bits per heavy atom. The first-order valence-electron chi connectivity index (χ1n) is 7.13. The van der Waals surface area contributed by atoms with Gasteiger partial charge < -0.3 is 10.1 Å². The van der Waals surface area contributed by atoms with Gasteiger partial charge in [0.05, 0.1) is 22.5 Å². The molecular formula is C16H15N3O6. The van der Waals surface area contributed by atoms with E-state index in [4.69, 9.17) is 0 Å². The van der Waals surface area contributed by atoms with Crippen molar-refractivity contribution in [1.29, 1.82) is 0 Å². The SMILES string of the molecule is COC(=O)c1cc([N+](=O)[O-])c(Nc2cc(C)cc(C)c2)c([N+](=O)[O-])c1. The van der Waals surface area contributed by atoms with Gasteiger partial charge in [-0.3, -0.25) is 20.2 Å². The normalized spacial score (nSPS) is 10.2. The number of methoxy groups -OCH3 is 1. The summed E-state index contributed by atoms with van der Waals surface area (Å²) in [6, 6.07) is 7.20. The van der Waals surface area contributed by atoms with E-state index >= 15 is 0 Å². The van der Waals surface area contributed by atoms with Crippen LogP contribution in [0, 0.1) is 34.1 Å². The molecule has 0 fully saturated rings. The smallest absolute Gasteiger partial charge is 0.338 e. The summed E-state index contributed by atoms with van der Waals surface area (Å²) in [5, 5.41) is 25.5. The van der Waals surface area contributed by atoms with Gasteiger partial charge in [0.25, 0.3) is 0 Å². The highest BCUT2D eigenvalue weighted by Crippen LogP contribution is 2.38. The lowest BCUT2D eigenvalue weighted by atomic mass is 10.1. The molecule has 0 aliphatic heterocycles. The number of nitrogens with one attached hydrogen (secondary N) is 1. The van der Waals surface area contributed by atoms with E-state index in [0.29, 0.717) is 5.69 Å². The molecule has 1 N–H and O–H groups in total. The van der Waals surface area contributed by atoms with Gasteiger partial charge in [0.2, 0.25) is 0 Å². The number of benzene rings is 2. The Hall–Kier alpha value is -3.49. The number of esters is 1. The van der Waals surface area contributed by atoms with Crippen molar-refractivity contribution in [2.45, 2.75) is 13.8 Å². The molecule has 0 aliphatic carbocycles. The Kier molecular flexibility index (Phi) is 4.97. The maximum atomic E-state index is 11.6. The predicted molar refractivity (Wildman–Crippen MR) is 90.3 cm³/mol. The molecule has 130 valence electrons. The first kappa shape index (κ1) is 17.9. The molecular weight excluding hydrogens is 330 g/mol. The summed E-state index contributed by atoms with van der Waals surface area (Å²) >= 11 is 0. The fourth-order valence-corrected chi connectivity index (χ4v) is 2.45. The quantitative estimate of drug-likeness (QED) is 0.498. The second-order valence-corrected chi connectivity index (χ2v) is 5.40. The highest BCUT2D eigenvalue weighted by molar-refractivity contribution is 5.94. The first-order valence-corrected chi connectivity index (χ1v) is 7.13. The molecule has 0 aromatic heterocycles. The van der Waals surface area contributed by atoms with Gasteiger partial charge in [-0.2, -0.15) is 0 Å². The van der Waals surface area contributed by atoms with Gasteiger partial charge in [-0.1, -0.05) is 6.07 Å². The summed E-state index contributed by atoms with van der Waals surface area (Å²) in [4.78, 5) is 32.8. The fraction of sp³-hybridized carbons (Fsp3) is 0.188. The van der Waals surface area contributed by atoms with Crippen molar-refractivity contribution in [2.75, 3.05) is 12.4 Å². The zero-order chi connectivity index (χ0) is 18.7. The summed E-state index contributed by atoms with van der Waals surface area (Å²) in [6.07, 6.45) is 0. The average Bonchev–Trinajstić information content (AvgIpc) is 2.52. The van der Waals surface area contributed by atoms with Crippen LogP contribution in [0.3, 0.4) is 0 Å². The lowest BCUT2D eigenvalue weighted by molar-refractivity contribution is -0.392. The van der Waals surface area contributed by atoms with Crippen LogP contribution < -0.4 is 5.32 Å². The number of carbonyl (C=O) groups is 1. The number of ether oxygens (including phenoxy) is 1. The fourth-order valence-electron chi connectivity index (χ4n) is 2.45. The van der Waals surface area contributed by atoms with E-state index in [2.05, 4.69) is 10.1 Å². The second-order valence-electron chi connectivity index (χ2n) is 5.40. The number of rotatable bonds is 5. The third kappa shape index (κ3) is 3.89. The average molecular weight is 345 g/mol. The van der Waals surface area contributed by atoms with Gasteiger partial charge in [0.15, 0.2) is 5.69 Å². The molecule has 0 unspecified atom stereocenters. The summed E-state index contributed by atoms with van der Waals surface area (Å²) < 4.78 is 4.49. The van der Waals surface area contributed by atoms with Crippen LogP contribution in [0.5, 0.6) is 0 Å². The highest BCUT2D eigenvalue weighted by Gasteiger charge is 2.29. The van der Waals surface area contributed by atoms with Crippen molar-refractivity contribution >= 4 is 28.7 Å². The third-order valence-corrected chi connectivity index (χ3v) is 3.40. The molecule has 0 heterocycles. The Balaban J connectivity index is 2.67. The van der Waals surface area contributed by atoms with Crippen LogP contribution in [0.1, 0.15) is 21.5 Å². The molecule has 0 saturated carbocycles. The predicted octanol–water partition coefficient (Wildman–Crippen LogP) is 3.65. The Morgan fingerprint density at radius 1 is 0.960 bits per heavy atom. The van der Waals surface area contributed by atoms with Crippen molar-refractivity contribution in [2.24, 2.45) is 0 Å². The van der Waals surface area contributed by atoms with Gasteiger partial charge >= 0.3 is 17.3 Å². The Bertz CT molecular complexity index is 823. The number of carbonyl (C=O) groups excluding carboxylic acids is 1. The number of nitro groups is 2. The van der Waals surface area contributed by atoms with Gasteiger partial charge in [0.1, 0.15) is 0 Å². The number of nitrogens with zero attached hydrogens (tertiary/aromatic N) is 2. The van der Waals surface area contributed by atoms with Gasteiger partial charge in [0, 0.05) is 17.8 Å². The molecule has 25 heavy (non-hydrogen) atoms. The number of hydrogen-bond donors (Lipinski definition) is 1. The molecule has 0 bridgehead atoms. The van der Waals surface area contributed by atoms with E-state index in [9.17, 15) is 25.0 Å². The zero-order valence-electron chi connectivity index (χ0n) is 13.7. The summed E-state index contributed by atoms with van der Waals surface area (Å²) in [5.74, 6) is -0.899. The van der Waals surface area contributed by atoms with E-state index in [1.165, 1.54) is 0 Å². The number of nitro benzene ring substituents is 2. The largest absolute Gasteiger partial charge is 0.465 e. The van der Waals surface area contributed by atoms with E-state index < -0.39 is 27.2 Å². The standard InChI is InChI=1S/C16H15N3O6/c1-9-4-10(2)6-12(5-9)17-15-13(18(21)22)7-11(16(20)25-3)8-14(15)19(23)24/h4-8,17H,1-3H3. The van der Waals surface area contributed by atoms with E-state index in [1.54, 1.807) is 12.1 Å². The second kappa shape index (κ2) is 6.95. The van der Waals surface area contributed by atoms with Crippen LogP contribution in [0.25, 0.3) is 0 Å². The highest BCUT2D eigenvalue weighted by atomic mass is 16.6.